The van der Waals surface area contributed by atoms with Crippen LogP contribution in [-0.4, -0.2) is 33.8 Å². The Bertz CT molecular complexity index is 933. The molecule has 0 saturated heterocycles. The first-order valence-electron chi connectivity index (χ1n) is 9.10. The minimum Gasteiger partial charge on any atom is -0.449 e. The summed E-state index contributed by atoms with van der Waals surface area (Å²) in [4.78, 5) is 25.7. The molecule has 0 aliphatic rings. The predicted molar refractivity (Wildman–Crippen MR) is 109 cm³/mol. The smallest absolute Gasteiger partial charge is 0.342 e. The number of carbonyl (C=O) groups is 2. The van der Waals surface area contributed by atoms with E-state index < -0.39 is 12.1 Å². The zero-order valence-electron chi connectivity index (χ0n) is 16.1. The highest BCUT2D eigenvalue weighted by Gasteiger charge is 2.24. The molecule has 0 radical (unpaired) electrons. The number of nitrogens with zero attached hydrogens (tertiary/aromatic N) is 2. The molecule has 7 heteroatoms. The van der Waals surface area contributed by atoms with Gasteiger partial charge in [-0.2, -0.15) is 5.10 Å². The fourth-order valence-corrected chi connectivity index (χ4v) is 3.42. The van der Waals surface area contributed by atoms with Gasteiger partial charge in [0, 0.05) is 12.2 Å². The summed E-state index contributed by atoms with van der Waals surface area (Å²) in [6.45, 7) is 5.81. The largest absolute Gasteiger partial charge is 0.449 e. The van der Waals surface area contributed by atoms with E-state index in [1.54, 1.807) is 17.8 Å². The van der Waals surface area contributed by atoms with Crippen molar-refractivity contribution < 1.29 is 14.3 Å². The number of ether oxygens (including phenoxy) is 1. The Morgan fingerprint density at radius 2 is 1.89 bits per heavy atom. The lowest BCUT2D eigenvalue weighted by Crippen LogP contribution is -2.39. The lowest BCUT2D eigenvalue weighted by atomic mass is 10.2. The Labute approximate surface area is 168 Å². The molecule has 1 N–H and O–H groups in total. The molecule has 1 aromatic carbocycles. The maximum Gasteiger partial charge on any atom is 0.342 e. The summed E-state index contributed by atoms with van der Waals surface area (Å²) in [5.41, 5.74) is 1.99. The standard InChI is InChI=1S/C21H23N3O3S/c1-14(2)22-20(25)15(3)27-21(26)17-13-24(12-16-8-5-4-6-9-16)23-19(17)18-10-7-11-28-18/h4-11,13-15H,12H2,1-3H3,(H,22,25)/t15-/m0/s1. The number of hydrogen-bond acceptors (Lipinski definition) is 5. The molecule has 6 nitrogen and oxygen atoms in total. The fourth-order valence-electron chi connectivity index (χ4n) is 2.70. The quantitative estimate of drug-likeness (QED) is 0.617. The molecule has 2 aromatic heterocycles. The molecule has 0 fully saturated rings. The van der Waals surface area contributed by atoms with Gasteiger partial charge < -0.3 is 10.1 Å². The number of rotatable bonds is 7. The van der Waals surface area contributed by atoms with Crippen LogP contribution in [0.5, 0.6) is 0 Å². The van der Waals surface area contributed by atoms with E-state index in [9.17, 15) is 9.59 Å². The second-order valence-electron chi connectivity index (χ2n) is 6.76. The summed E-state index contributed by atoms with van der Waals surface area (Å²) in [7, 11) is 0. The van der Waals surface area contributed by atoms with Crippen molar-refractivity contribution in [2.45, 2.75) is 39.5 Å². The van der Waals surface area contributed by atoms with Crippen LogP contribution in [0.2, 0.25) is 0 Å². The van der Waals surface area contributed by atoms with E-state index >= 15 is 0 Å². The highest BCUT2D eigenvalue weighted by Crippen LogP contribution is 2.27. The maximum absolute atomic E-state index is 12.8. The van der Waals surface area contributed by atoms with Crippen molar-refractivity contribution >= 4 is 23.2 Å². The minimum absolute atomic E-state index is 0.0241. The third kappa shape index (κ3) is 4.86. The third-order valence-corrected chi connectivity index (χ3v) is 4.88. The Hall–Kier alpha value is -2.93. The predicted octanol–water partition coefficient (Wildman–Crippen LogP) is 3.73. The number of hydrogen-bond donors (Lipinski definition) is 1. The summed E-state index contributed by atoms with van der Waals surface area (Å²) in [6, 6.07) is 13.7. The average molecular weight is 398 g/mol. The van der Waals surface area contributed by atoms with Crippen molar-refractivity contribution in [1.82, 2.24) is 15.1 Å². The average Bonchev–Trinajstić information content (AvgIpc) is 3.31. The van der Waals surface area contributed by atoms with E-state index in [0.717, 1.165) is 10.4 Å². The van der Waals surface area contributed by atoms with E-state index in [4.69, 9.17) is 4.74 Å². The van der Waals surface area contributed by atoms with Crippen molar-refractivity contribution in [1.29, 1.82) is 0 Å². The molecule has 0 aliphatic carbocycles. The van der Waals surface area contributed by atoms with E-state index in [1.807, 2.05) is 61.7 Å². The molecule has 0 aliphatic heterocycles. The highest BCUT2D eigenvalue weighted by atomic mass is 32.1. The van der Waals surface area contributed by atoms with E-state index in [0.29, 0.717) is 17.8 Å². The Kier molecular flexibility index (Phi) is 6.26. The van der Waals surface area contributed by atoms with Gasteiger partial charge in [0.25, 0.3) is 5.91 Å². The molecule has 1 amide bonds. The zero-order valence-corrected chi connectivity index (χ0v) is 16.9. The second-order valence-corrected chi connectivity index (χ2v) is 7.71. The molecular weight excluding hydrogens is 374 g/mol. The van der Waals surface area contributed by atoms with E-state index in [2.05, 4.69) is 10.4 Å². The van der Waals surface area contributed by atoms with Gasteiger partial charge in [0.2, 0.25) is 0 Å². The summed E-state index contributed by atoms with van der Waals surface area (Å²) in [5, 5.41) is 9.27. The number of amides is 1. The first kappa shape index (κ1) is 19.8. The van der Waals surface area contributed by atoms with Crippen LogP contribution in [0.4, 0.5) is 0 Å². The topological polar surface area (TPSA) is 73.2 Å². The number of nitrogens with one attached hydrogen (secondary N) is 1. The van der Waals surface area contributed by atoms with Gasteiger partial charge in [-0.1, -0.05) is 36.4 Å². The van der Waals surface area contributed by atoms with Crippen LogP contribution in [0.25, 0.3) is 10.6 Å². The van der Waals surface area contributed by atoms with Gasteiger partial charge in [-0.25, -0.2) is 4.79 Å². The monoisotopic (exact) mass is 397 g/mol. The molecular formula is C21H23N3O3S. The number of thiophene rings is 1. The van der Waals surface area contributed by atoms with Crippen LogP contribution < -0.4 is 5.32 Å². The molecule has 0 saturated carbocycles. The molecule has 146 valence electrons. The van der Waals surface area contributed by atoms with Crippen LogP contribution in [0.3, 0.4) is 0 Å². The number of esters is 1. The second kappa shape index (κ2) is 8.84. The molecule has 0 bridgehead atoms. The molecule has 3 rings (SSSR count). The summed E-state index contributed by atoms with van der Waals surface area (Å²) in [6.07, 6.45) is 0.792. The molecule has 1 atom stereocenters. The van der Waals surface area contributed by atoms with Crippen molar-refractivity contribution in [2.24, 2.45) is 0 Å². The number of aromatic nitrogens is 2. The van der Waals surface area contributed by atoms with Crippen LogP contribution in [0.15, 0.2) is 54.0 Å². The van der Waals surface area contributed by atoms with Crippen molar-refractivity contribution in [2.75, 3.05) is 0 Å². The summed E-state index contributed by atoms with van der Waals surface area (Å²) < 4.78 is 7.12. The molecule has 2 heterocycles. The molecule has 3 aromatic rings. The zero-order chi connectivity index (χ0) is 20.1. The highest BCUT2D eigenvalue weighted by molar-refractivity contribution is 7.13. The summed E-state index contributed by atoms with van der Waals surface area (Å²) in [5.74, 6) is -0.883. The van der Waals surface area contributed by atoms with Gasteiger partial charge in [-0.15, -0.1) is 11.3 Å². The van der Waals surface area contributed by atoms with E-state index in [-0.39, 0.29) is 11.9 Å². The maximum atomic E-state index is 12.8. The van der Waals surface area contributed by atoms with Crippen molar-refractivity contribution in [3.8, 4) is 10.6 Å². The van der Waals surface area contributed by atoms with Gasteiger partial charge in [0.15, 0.2) is 6.10 Å². The third-order valence-electron chi connectivity index (χ3n) is 4.01. The van der Waals surface area contributed by atoms with Gasteiger partial charge in [-0.05, 0) is 37.8 Å². The van der Waals surface area contributed by atoms with Crippen molar-refractivity contribution in [3.63, 3.8) is 0 Å². The SMILES string of the molecule is CC(C)NC(=O)[C@H](C)OC(=O)c1cn(Cc2ccccc2)nc1-c1cccs1. The Balaban J connectivity index is 1.84. The van der Waals surface area contributed by atoms with Crippen LogP contribution >= 0.6 is 11.3 Å². The lowest BCUT2D eigenvalue weighted by Gasteiger charge is -2.15. The Morgan fingerprint density at radius 1 is 1.14 bits per heavy atom. The van der Waals surface area contributed by atoms with Crippen LogP contribution in [-0.2, 0) is 16.1 Å². The number of carbonyl (C=O) groups excluding carboxylic acids is 2. The molecule has 0 spiro atoms. The summed E-state index contributed by atoms with van der Waals surface area (Å²) >= 11 is 1.50. The normalized spacial score (nSPS) is 12.0. The van der Waals surface area contributed by atoms with Gasteiger partial charge >= 0.3 is 5.97 Å². The fraction of sp³-hybridized carbons (Fsp3) is 0.286. The first-order chi connectivity index (χ1) is 13.4. The van der Waals surface area contributed by atoms with Gasteiger partial charge in [0.1, 0.15) is 11.3 Å². The molecule has 28 heavy (non-hydrogen) atoms. The Morgan fingerprint density at radius 3 is 2.54 bits per heavy atom. The van der Waals surface area contributed by atoms with Crippen LogP contribution in [0, 0.1) is 0 Å². The van der Waals surface area contributed by atoms with Crippen LogP contribution in [0.1, 0.15) is 36.7 Å². The first-order valence-corrected chi connectivity index (χ1v) is 9.98. The van der Waals surface area contributed by atoms with Gasteiger partial charge in [-0.3, -0.25) is 9.48 Å². The lowest BCUT2D eigenvalue weighted by molar-refractivity contribution is -0.129. The minimum atomic E-state index is -0.886. The van der Waals surface area contributed by atoms with Crippen molar-refractivity contribution in [3.05, 3.63) is 65.2 Å². The molecule has 0 unspecified atom stereocenters. The van der Waals surface area contributed by atoms with E-state index in [1.165, 1.54) is 11.3 Å². The van der Waals surface area contributed by atoms with Gasteiger partial charge in [0.05, 0.1) is 11.4 Å². The number of benzene rings is 1.